The van der Waals surface area contributed by atoms with Gasteiger partial charge in [0.1, 0.15) is 19.0 Å². The van der Waals surface area contributed by atoms with Crippen molar-refractivity contribution in [1.82, 2.24) is 9.80 Å². The van der Waals surface area contributed by atoms with Crippen LogP contribution in [0.3, 0.4) is 0 Å². The number of hydrogen-bond acceptors (Lipinski definition) is 3. The second-order valence-electron chi connectivity index (χ2n) is 5.33. The highest BCUT2D eigenvalue weighted by atomic mass is 19.1. The Kier molecular flexibility index (Phi) is 5.75. The number of amides is 2. The van der Waals surface area contributed by atoms with Crippen LogP contribution >= 0.6 is 0 Å². The smallest absolute Gasteiger partial charge is 0.410 e. The van der Waals surface area contributed by atoms with E-state index in [1.807, 2.05) is 0 Å². The van der Waals surface area contributed by atoms with E-state index in [0.717, 1.165) is 18.4 Å². The molecule has 0 N–H and O–H groups in total. The molecule has 0 spiro atoms. The van der Waals surface area contributed by atoms with Gasteiger partial charge >= 0.3 is 6.09 Å². The van der Waals surface area contributed by atoms with Gasteiger partial charge in [0.25, 0.3) is 0 Å². The molecule has 1 heterocycles. The maximum atomic E-state index is 13.0. The lowest BCUT2D eigenvalue weighted by Gasteiger charge is -2.24. The fourth-order valence-electron chi connectivity index (χ4n) is 2.28. The zero-order valence-corrected chi connectivity index (χ0v) is 12.8. The lowest BCUT2D eigenvalue weighted by Crippen LogP contribution is -2.40. The van der Waals surface area contributed by atoms with Crippen molar-refractivity contribution < 1.29 is 18.7 Å². The Morgan fingerprint density at radius 2 is 2.09 bits per heavy atom. The second-order valence-corrected chi connectivity index (χ2v) is 5.33. The molecule has 0 aromatic heterocycles. The van der Waals surface area contributed by atoms with Crippen molar-refractivity contribution in [1.29, 1.82) is 0 Å². The summed E-state index contributed by atoms with van der Waals surface area (Å²) in [7, 11) is 0. The molecule has 5 nitrogen and oxygen atoms in total. The fourth-order valence-corrected chi connectivity index (χ4v) is 2.28. The van der Waals surface area contributed by atoms with Gasteiger partial charge in [0.2, 0.25) is 5.91 Å². The molecule has 1 fully saturated rings. The van der Waals surface area contributed by atoms with Gasteiger partial charge in [-0.1, -0.05) is 25.5 Å². The monoisotopic (exact) mass is 308 g/mol. The Labute approximate surface area is 129 Å². The molecule has 2 rings (SSSR count). The Morgan fingerprint density at radius 1 is 1.36 bits per heavy atom. The van der Waals surface area contributed by atoms with E-state index in [2.05, 4.69) is 6.92 Å². The van der Waals surface area contributed by atoms with Crippen LogP contribution < -0.4 is 0 Å². The number of ether oxygens (including phenoxy) is 1. The van der Waals surface area contributed by atoms with Gasteiger partial charge < -0.3 is 9.64 Å². The molecule has 0 saturated carbocycles. The zero-order valence-electron chi connectivity index (χ0n) is 12.8. The molecule has 0 atom stereocenters. The molecule has 0 unspecified atom stereocenters. The molecule has 2 amide bonds. The van der Waals surface area contributed by atoms with Crippen molar-refractivity contribution in [3.8, 4) is 0 Å². The molecule has 1 aromatic rings. The maximum absolute atomic E-state index is 13.0. The van der Waals surface area contributed by atoms with Crippen molar-refractivity contribution in [3.63, 3.8) is 0 Å². The average molecular weight is 308 g/mol. The minimum Gasteiger partial charge on any atom is -0.448 e. The van der Waals surface area contributed by atoms with Crippen LogP contribution in [0.5, 0.6) is 0 Å². The van der Waals surface area contributed by atoms with Gasteiger partial charge in [0.05, 0.1) is 6.54 Å². The van der Waals surface area contributed by atoms with Gasteiger partial charge in [-0.2, -0.15) is 0 Å². The molecule has 1 aliphatic heterocycles. The highest BCUT2D eigenvalue weighted by Gasteiger charge is 2.26. The number of cyclic esters (lactones) is 1. The number of benzene rings is 1. The summed E-state index contributed by atoms with van der Waals surface area (Å²) in [4.78, 5) is 27.0. The van der Waals surface area contributed by atoms with Gasteiger partial charge in [0, 0.05) is 13.1 Å². The van der Waals surface area contributed by atoms with Gasteiger partial charge in [-0.15, -0.1) is 0 Å². The first-order valence-corrected chi connectivity index (χ1v) is 7.54. The molecule has 1 aliphatic rings. The van der Waals surface area contributed by atoms with E-state index < -0.39 is 6.09 Å². The van der Waals surface area contributed by atoms with E-state index in [1.165, 1.54) is 17.0 Å². The van der Waals surface area contributed by atoms with Gasteiger partial charge in [-0.25, -0.2) is 9.18 Å². The topological polar surface area (TPSA) is 49.9 Å². The first-order chi connectivity index (χ1) is 10.6. The summed E-state index contributed by atoms with van der Waals surface area (Å²) in [6.45, 7) is 3.90. The second kappa shape index (κ2) is 7.77. The Balaban J connectivity index is 1.99. The van der Waals surface area contributed by atoms with Gasteiger partial charge in [-0.05, 0) is 24.1 Å². The molecule has 0 radical (unpaired) electrons. The third-order valence-electron chi connectivity index (χ3n) is 3.59. The molecular formula is C16H21FN2O3. The van der Waals surface area contributed by atoms with Crippen molar-refractivity contribution in [2.45, 2.75) is 26.3 Å². The summed E-state index contributed by atoms with van der Waals surface area (Å²) in [6.07, 6.45) is 1.42. The number of halogens is 1. The molecule has 120 valence electrons. The number of unbranched alkanes of at least 4 members (excludes halogenated alkanes) is 1. The summed E-state index contributed by atoms with van der Waals surface area (Å²) >= 11 is 0. The maximum Gasteiger partial charge on any atom is 0.410 e. The number of carbonyl (C=O) groups excluding carboxylic acids is 2. The average Bonchev–Trinajstić information content (AvgIpc) is 2.90. The fraction of sp³-hybridized carbons (Fsp3) is 0.500. The quantitative estimate of drug-likeness (QED) is 0.777. The number of rotatable bonds is 7. The zero-order chi connectivity index (χ0) is 15.9. The third kappa shape index (κ3) is 4.44. The van der Waals surface area contributed by atoms with E-state index in [9.17, 15) is 14.0 Å². The minimum absolute atomic E-state index is 0.0315. The van der Waals surface area contributed by atoms with E-state index in [1.54, 1.807) is 17.0 Å². The highest BCUT2D eigenvalue weighted by Crippen LogP contribution is 2.10. The number of hydrogen-bond donors (Lipinski definition) is 0. The van der Waals surface area contributed by atoms with Crippen LogP contribution in [0, 0.1) is 5.82 Å². The predicted molar refractivity (Wildman–Crippen MR) is 79.6 cm³/mol. The Morgan fingerprint density at radius 3 is 2.68 bits per heavy atom. The molecule has 22 heavy (non-hydrogen) atoms. The first kappa shape index (κ1) is 16.3. The third-order valence-corrected chi connectivity index (χ3v) is 3.59. The van der Waals surface area contributed by atoms with E-state index in [0.29, 0.717) is 26.2 Å². The summed E-state index contributed by atoms with van der Waals surface area (Å²) in [5, 5.41) is 0. The van der Waals surface area contributed by atoms with Crippen LogP contribution in [0.4, 0.5) is 9.18 Å². The minimum atomic E-state index is -0.439. The summed E-state index contributed by atoms with van der Waals surface area (Å²) < 4.78 is 17.8. The van der Waals surface area contributed by atoms with Crippen LogP contribution in [0.25, 0.3) is 0 Å². The van der Waals surface area contributed by atoms with E-state index in [4.69, 9.17) is 4.74 Å². The van der Waals surface area contributed by atoms with Crippen LogP contribution in [0.2, 0.25) is 0 Å². The standard InChI is InChI=1S/C16H21FN2O3/c1-2-3-8-18(11-13-4-6-14(17)7-5-13)15(20)12-19-9-10-22-16(19)21/h4-7H,2-3,8-12H2,1H3. The lowest BCUT2D eigenvalue weighted by atomic mass is 10.2. The largest absolute Gasteiger partial charge is 0.448 e. The van der Waals surface area contributed by atoms with Crippen molar-refractivity contribution >= 4 is 12.0 Å². The normalized spacial score (nSPS) is 14.1. The molecule has 6 heteroatoms. The Hall–Kier alpha value is -2.11. The van der Waals surface area contributed by atoms with Crippen molar-refractivity contribution in [3.05, 3.63) is 35.6 Å². The predicted octanol–water partition coefficient (Wildman–Crippen LogP) is 2.41. The van der Waals surface area contributed by atoms with Crippen LogP contribution in [-0.4, -0.2) is 48.0 Å². The molecule has 1 saturated heterocycles. The van der Waals surface area contributed by atoms with Gasteiger partial charge in [-0.3, -0.25) is 9.69 Å². The highest BCUT2D eigenvalue weighted by molar-refractivity contribution is 5.82. The Bertz CT molecular complexity index is 519. The summed E-state index contributed by atoms with van der Waals surface area (Å²) in [5.74, 6) is -0.411. The van der Waals surface area contributed by atoms with E-state index in [-0.39, 0.29) is 18.3 Å². The van der Waals surface area contributed by atoms with Crippen molar-refractivity contribution in [2.24, 2.45) is 0 Å². The molecule has 0 aliphatic carbocycles. The number of carbonyl (C=O) groups is 2. The summed E-state index contributed by atoms with van der Waals surface area (Å²) in [5.41, 5.74) is 0.870. The van der Waals surface area contributed by atoms with E-state index >= 15 is 0 Å². The molecular weight excluding hydrogens is 287 g/mol. The molecule has 0 bridgehead atoms. The molecule has 1 aromatic carbocycles. The first-order valence-electron chi connectivity index (χ1n) is 7.54. The van der Waals surface area contributed by atoms with Crippen LogP contribution in [-0.2, 0) is 16.1 Å². The van der Waals surface area contributed by atoms with Crippen molar-refractivity contribution in [2.75, 3.05) is 26.2 Å². The lowest BCUT2D eigenvalue weighted by molar-refractivity contribution is -0.132. The summed E-state index contributed by atoms with van der Waals surface area (Å²) in [6, 6.07) is 6.11. The van der Waals surface area contributed by atoms with Crippen LogP contribution in [0.15, 0.2) is 24.3 Å². The SMILES string of the molecule is CCCCN(Cc1ccc(F)cc1)C(=O)CN1CCOC1=O. The van der Waals surface area contributed by atoms with Crippen LogP contribution in [0.1, 0.15) is 25.3 Å². The van der Waals surface area contributed by atoms with Gasteiger partial charge in [0.15, 0.2) is 0 Å². The number of nitrogens with zero attached hydrogens (tertiary/aromatic N) is 2.